The topological polar surface area (TPSA) is 77.3 Å². The van der Waals surface area contributed by atoms with E-state index < -0.39 is 18.9 Å². The van der Waals surface area contributed by atoms with Gasteiger partial charge in [-0.1, -0.05) is 29.3 Å². The summed E-state index contributed by atoms with van der Waals surface area (Å²) in [6.45, 7) is 0. The van der Waals surface area contributed by atoms with Crippen LogP contribution in [0.2, 0.25) is 0 Å². The molecule has 1 aromatic rings. The molecule has 0 aliphatic rings. The summed E-state index contributed by atoms with van der Waals surface area (Å²) in [5.74, 6) is 0. The molecule has 82 valence electrons. The first-order valence-corrected chi connectivity index (χ1v) is 6.04. The average Bonchev–Trinajstić information content (AvgIpc) is 2.17. The van der Waals surface area contributed by atoms with Crippen molar-refractivity contribution in [3.05, 3.63) is 34.4 Å². The number of nitro groups is 1. The van der Waals surface area contributed by atoms with E-state index in [-0.39, 0.29) is 10.6 Å². The smallest absolute Gasteiger partial charge is 0.258 e. The van der Waals surface area contributed by atoms with E-state index >= 15 is 0 Å². The highest BCUT2D eigenvalue weighted by atomic mass is 35.5. The van der Waals surface area contributed by atoms with E-state index in [2.05, 4.69) is 0 Å². The van der Waals surface area contributed by atoms with Crippen molar-refractivity contribution in [2.24, 2.45) is 0 Å². The van der Waals surface area contributed by atoms with Gasteiger partial charge in [0.15, 0.2) is 0 Å². The van der Waals surface area contributed by atoms with E-state index in [4.69, 9.17) is 23.2 Å². The molecule has 0 saturated carbocycles. The number of nitro benzene ring substituents is 1. The Balaban J connectivity index is 3.29. The molecular formula is C7H5Cl2NO4S. The van der Waals surface area contributed by atoms with Crippen molar-refractivity contribution in [1.29, 1.82) is 0 Å². The summed E-state index contributed by atoms with van der Waals surface area (Å²) in [7, 11) is -3.91. The molecule has 0 bridgehead atoms. The lowest BCUT2D eigenvalue weighted by atomic mass is 10.3. The third kappa shape index (κ3) is 2.58. The fourth-order valence-corrected chi connectivity index (χ4v) is 2.25. The Bertz CT molecular complexity index is 486. The first kappa shape index (κ1) is 12.2. The Labute approximate surface area is 95.7 Å². The van der Waals surface area contributed by atoms with Gasteiger partial charge in [-0.15, -0.1) is 0 Å². The SMILES string of the molecule is O=[N+]([O-])c1cccc(S(=O)(=O)C(Cl)Cl)c1. The monoisotopic (exact) mass is 269 g/mol. The number of hydrogen-bond donors (Lipinski definition) is 0. The maximum absolute atomic E-state index is 11.4. The molecule has 1 aromatic carbocycles. The Morgan fingerprint density at radius 3 is 2.40 bits per heavy atom. The summed E-state index contributed by atoms with van der Waals surface area (Å²) in [4.78, 5) is 9.43. The number of hydrogen-bond acceptors (Lipinski definition) is 4. The van der Waals surface area contributed by atoms with E-state index in [0.29, 0.717) is 0 Å². The Hall–Kier alpha value is -0.850. The third-order valence-electron chi connectivity index (χ3n) is 1.59. The van der Waals surface area contributed by atoms with Gasteiger partial charge in [0.25, 0.3) is 5.69 Å². The Morgan fingerprint density at radius 1 is 1.33 bits per heavy atom. The normalized spacial score (nSPS) is 11.7. The second kappa shape index (κ2) is 4.34. The molecule has 15 heavy (non-hydrogen) atoms. The maximum atomic E-state index is 11.4. The number of benzene rings is 1. The summed E-state index contributed by atoms with van der Waals surface area (Å²) in [5.41, 5.74) is -0.329. The van der Waals surface area contributed by atoms with Crippen molar-refractivity contribution in [2.75, 3.05) is 0 Å². The largest absolute Gasteiger partial charge is 0.270 e. The number of non-ortho nitro benzene ring substituents is 1. The lowest BCUT2D eigenvalue weighted by molar-refractivity contribution is -0.385. The number of halogens is 2. The van der Waals surface area contributed by atoms with Gasteiger partial charge in [0.05, 0.1) is 9.82 Å². The van der Waals surface area contributed by atoms with Gasteiger partial charge in [0.1, 0.15) is 0 Å². The average molecular weight is 270 g/mol. The molecular weight excluding hydrogens is 265 g/mol. The van der Waals surface area contributed by atoms with Gasteiger partial charge >= 0.3 is 0 Å². The van der Waals surface area contributed by atoms with Crippen molar-refractivity contribution >= 4 is 38.7 Å². The number of sulfone groups is 1. The first-order chi connectivity index (χ1) is 6.85. The summed E-state index contributed by atoms with van der Waals surface area (Å²) in [6.07, 6.45) is 0. The van der Waals surface area contributed by atoms with Crippen LogP contribution in [0.5, 0.6) is 0 Å². The van der Waals surface area contributed by atoms with Gasteiger partial charge in [0, 0.05) is 12.1 Å². The number of alkyl halides is 2. The highest BCUT2D eigenvalue weighted by molar-refractivity contribution is 7.94. The van der Waals surface area contributed by atoms with Crippen molar-refractivity contribution in [2.45, 2.75) is 9.06 Å². The molecule has 0 heterocycles. The van der Waals surface area contributed by atoms with E-state index in [1.165, 1.54) is 18.2 Å². The van der Waals surface area contributed by atoms with Gasteiger partial charge in [-0.2, -0.15) is 0 Å². The highest BCUT2D eigenvalue weighted by Crippen LogP contribution is 2.24. The van der Waals surface area contributed by atoms with Gasteiger partial charge < -0.3 is 0 Å². The molecule has 0 atom stereocenters. The molecule has 8 heteroatoms. The Kier molecular flexibility index (Phi) is 3.54. The van der Waals surface area contributed by atoms with Gasteiger partial charge in [0.2, 0.25) is 14.0 Å². The van der Waals surface area contributed by atoms with Crippen LogP contribution in [0, 0.1) is 10.1 Å². The maximum Gasteiger partial charge on any atom is 0.270 e. The predicted octanol–water partition coefficient (Wildman–Crippen LogP) is 2.13. The molecule has 0 N–H and O–H groups in total. The van der Waals surface area contributed by atoms with Crippen LogP contribution in [-0.2, 0) is 9.84 Å². The standard InChI is InChI=1S/C7H5Cl2NO4S/c8-7(9)15(13,14)6-3-1-2-5(4-6)10(11)12/h1-4,7H. The molecule has 0 unspecified atom stereocenters. The molecule has 0 aliphatic carbocycles. The van der Waals surface area contributed by atoms with Crippen LogP contribution < -0.4 is 0 Å². The second-order valence-corrected chi connectivity index (χ2v) is 6.21. The second-order valence-electron chi connectivity index (χ2n) is 2.56. The molecule has 0 fully saturated rings. The number of rotatable bonds is 3. The first-order valence-electron chi connectivity index (χ1n) is 3.62. The van der Waals surface area contributed by atoms with E-state index in [1.807, 2.05) is 0 Å². The van der Waals surface area contributed by atoms with Gasteiger partial charge in [-0.25, -0.2) is 8.42 Å². The predicted molar refractivity (Wildman–Crippen MR) is 55.8 cm³/mol. The summed E-state index contributed by atoms with van der Waals surface area (Å²) >= 11 is 10.5. The molecule has 0 amide bonds. The van der Waals surface area contributed by atoms with Gasteiger partial charge in [-0.3, -0.25) is 10.1 Å². The minimum Gasteiger partial charge on any atom is -0.258 e. The molecule has 0 spiro atoms. The van der Waals surface area contributed by atoms with E-state index in [1.54, 1.807) is 0 Å². The highest BCUT2D eigenvalue weighted by Gasteiger charge is 2.24. The summed E-state index contributed by atoms with van der Waals surface area (Å²) < 4.78 is 21.2. The van der Waals surface area contributed by atoms with E-state index in [9.17, 15) is 18.5 Å². The van der Waals surface area contributed by atoms with E-state index in [0.717, 1.165) is 6.07 Å². The van der Waals surface area contributed by atoms with Crippen molar-refractivity contribution in [1.82, 2.24) is 0 Å². The van der Waals surface area contributed by atoms with Crippen molar-refractivity contribution in [3.63, 3.8) is 0 Å². The Morgan fingerprint density at radius 2 is 1.93 bits per heavy atom. The minimum atomic E-state index is -3.91. The molecule has 5 nitrogen and oxygen atoms in total. The van der Waals surface area contributed by atoms with Crippen LogP contribution in [-0.4, -0.2) is 17.5 Å². The molecule has 0 aromatic heterocycles. The van der Waals surface area contributed by atoms with Crippen LogP contribution in [0.15, 0.2) is 29.2 Å². The molecule has 0 aliphatic heterocycles. The van der Waals surface area contributed by atoms with Crippen LogP contribution in [0.4, 0.5) is 5.69 Å². The fourth-order valence-electron chi connectivity index (χ4n) is 0.877. The summed E-state index contributed by atoms with van der Waals surface area (Å²) in [5, 5.41) is 10.4. The van der Waals surface area contributed by atoms with Crippen molar-refractivity contribution < 1.29 is 13.3 Å². The van der Waals surface area contributed by atoms with Crippen LogP contribution in [0.25, 0.3) is 0 Å². The van der Waals surface area contributed by atoms with Crippen LogP contribution >= 0.6 is 23.2 Å². The number of nitrogens with zero attached hydrogens (tertiary/aromatic N) is 1. The molecule has 0 radical (unpaired) electrons. The van der Waals surface area contributed by atoms with Crippen molar-refractivity contribution in [3.8, 4) is 0 Å². The lowest BCUT2D eigenvalue weighted by Crippen LogP contribution is -2.09. The lowest BCUT2D eigenvalue weighted by Gasteiger charge is -2.03. The van der Waals surface area contributed by atoms with Crippen LogP contribution in [0.3, 0.4) is 0 Å². The van der Waals surface area contributed by atoms with Gasteiger partial charge in [-0.05, 0) is 6.07 Å². The zero-order chi connectivity index (χ0) is 11.6. The summed E-state index contributed by atoms with van der Waals surface area (Å²) in [6, 6.07) is 4.53. The zero-order valence-corrected chi connectivity index (χ0v) is 9.46. The fraction of sp³-hybridized carbons (Fsp3) is 0.143. The zero-order valence-electron chi connectivity index (χ0n) is 7.13. The quantitative estimate of drug-likeness (QED) is 0.479. The minimum absolute atomic E-state index is 0.272. The van der Waals surface area contributed by atoms with Crippen LogP contribution in [0.1, 0.15) is 0 Å². The molecule has 0 saturated heterocycles. The molecule has 1 rings (SSSR count). The third-order valence-corrected chi connectivity index (χ3v) is 4.38.